The molecule has 7 heteroatoms. The van der Waals surface area contributed by atoms with Crippen molar-refractivity contribution in [3.63, 3.8) is 0 Å². The molecule has 28 heavy (non-hydrogen) atoms. The first-order chi connectivity index (χ1) is 13.1. The van der Waals surface area contributed by atoms with Gasteiger partial charge in [-0.05, 0) is 13.3 Å². The van der Waals surface area contributed by atoms with E-state index in [1.165, 1.54) is 51.4 Å². The number of carbonyl (C=O) groups is 1. The number of carbonyl (C=O) groups excluding carboxylic acids is 1. The molecule has 0 heterocycles. The normalized spacial score (nSPS) is 15.4. The van der Waals surface area contributed by atoms with Crippen molar-refractivity contribution in [2.24, 2.45) is 0 Å². The molecule has 0 aromatic rings. The summed E-state index contributed by atoms with van der Waals surface area (Å²) in [6.45, 7) is 4.27. The lowest BCUT2D eigenvalue weighted by molar-refractivity contribution is -0.872. The quantitative estimate of drug-likeness (QED) is 0.169. The van der Waals surface area contributed by atoms with Crippen LogP contribution in [-0.4, -0.2) is 55.6 Å². The van der Waals surface area contributed by atoms with Crippen molar-refractivity contribution in [2.45, 2.75) is 97.0 Å². The highest BCUT2D eigenvalue weighted by Crippen LogP contribution is 2.44. The number of hydrogen-bond acceptors (Lipinski definition) is 4. The maximum atomic E-state index is 12.5. The summed E-state index contributed by atoms with van der Waals surface area (Å²) in [5.74, 6) is -0.113. The van der Waals surface area contributed by atoms with Crippen LogP contribution < -0.4 is 0 Å². The van der Waals surface area contributed by atoms with Crippen molar-refractivity contribution >= 4 is 13.6 Å². The first kappa shape index (κ1) is 27.7. The van der Waals surface area contributed by atoms with Crippen LogP contribution in [0.25, 0.3) is 0 Å². The number of hydrogen-bond donors (Lipinski definition) is 1. The van der Waals surface area contributed by atoms with E-state index in [1.807, 2.05) is 21.1 Å². The molecule has 0 fully saturated rings. The van der Waals surface area contributed by atoms with E-state index >= 15 is 0 Å². The van der Waals surface area contributed by atoms with E-state index in [1.54, 1.807) is 6.92 Å². The number of quaternary nitrogens is 1. The van der Waals surface area contributed by atoms with E-state index in [2.05, 4.69) is 6.92 Å². The molecule has 0 rings (SSSR count). The van der Waals surface area contributed by atoms with Crippen molar-refractivity contribution in [1.29, 1.82) is 0 Å². The smallest absolute Gasteiger partial charge is 0.328 e. The van der Waals surface area contributed by atoms with Crippen LogP contribution in [0.15, 0.2) is 0 Å². The van der Waals surface area contributed by atoms with Gasteiger partial charge in [0.15, 0.2) is 11.9 Å². The van der Waals surface area contributed by atoms with Crippen molar-refractivity contribution in [2.75, 3.05) is 34.3 Å². The molecule has 2 atom stereocenters. The molecule has 0 aromatic heterocycles. The summed E-state index contributed by atoms with van der Waals surface area (Å²) in [4.78, 5) is 22.3. The van der Waals surface area contributed by atoms with Gasteiger partial charge in [0.2, 0.25) is 0 Å². The lowest BCUT2D eigenvalue weighted by Crippen LogP contribution is -2.45. The minimum Gasteiger partial charge on any atom is -0.328 e. The Hall–Kier alpha value is -0.260. The van der Waals surface area contributed by atoms with Gasteiger partial charge in [-0.2, -0.15) is 0 Å². The van der Waals surface area contributed by atoms with Crippen molar-refractivity contribution < 1.29 is 27.8 Å². The second-order valence-corrected chi connectivity index (χ2v) is 10.1. The molecule has 0 aliphatic heterocycles. The highest BCUT2D eigenvalue weighted by atomic mass is 31.2. The summed E-state index contributed by atoms with van der Waals surface area (Å²) in [6.07, 6.45) is 12.9. The summed E-state index contributed by atoms with van der Waals surface area (Å²) < 4.78 is 22.4. The Kier molecular flexibility index (Phi) is 15.4. The SMILES string of the molecule is CCCCCCCCCCCCCC(=O)C(C[N+](C)(C)C)OP(=O)(O)OCC. The van der Waals surface area contributed by atoms with Gasteiger partial charge in [0.25, 0.3) is 0 Å². The fourth-order valence-electron chi connectivity index (χ4n) is 3.17. The summed E-state index contributed by atoms with van der Waals surface area (Å²) in [5, 5.41) is 0. The van der Waals surface area contributed by atoms with Gasteiger partial charge < -0.3 is 9.38 Å². The molecule has 0 aliphatic rings. The molecule has 0 radical (unpaired) electrons. The molecule has 0 saturated carbocycles. The zero-order chi connectivity index (χ0) is 21.5. The van der Waals surface area contributed by atoms with Gasteiger partial charge >= 0.3 is 7.82 Å². The van der Waals surface area contributed by atoms with Crippen LogP contribution in [0, 0.1) is 0 Å². The lowest BCUT2D eigenvalue weighted by atomic mass is 10.0. The Morgan fingerprint density at radius 2 is 1.36 bits per heavy atom. The van der Waals surface area contributed by atoms with E-state index in [-0.39, 0.29) is 12.4 Å². The van der Waals surface area contributed by atoms with E-state index in [0.717, 1.165) is 19.3 Å². The minimum absolute atomic E-state index is 0.0671. The topological polar surface area (TPSA) is 72.8 Å². The van der Waals surface area contributed by atoms with Gasteiger partial charge in [0.1, 0.15) is 6.54 Å². The Morgan fingerprint density at radius 3 is 1.79 bits per heavy atom. The Morgan fingerprint density at radius 1 is 0.893 bits per heavy atom. The molecule has 1 N–H and O–H groups in total. The largest absolute Gasteiger partial charge is 0.473 e. The molecule has 0 aromatic carbocycles. The van der Waals surface area contributed by atoms with Crippen LogP contribution in [0.2, 0.25) is 0 Å². The van der Waals surface area contributed by atoms with Gasteiger partial charge in [-0.3, -0.25) is 13.8 Å². The van der Waals surface area contributed by atoms with Crippen molar-refractivity contribution in [3.05, 3.63) is 0 Å². The van der Waals surface area contributed by atoms with E-state index < -0.39 is 13.9 Å². The summed E-state index contributed by atoms with van der Waals surface area (Å²) >= 11 is 0. The number of phosphoric acid groups is 1. The first-order valence-corrected chi connectivity index (χ1v) is 12.6. The number of ketones is 1. The molecule has 0 saturated heterocycles. The third-order valence-corrected chi connectivity index (χ3v) is 5.76. The van der Waals surface area contributed by atoms with E-state index in [4.69, 9.17) is 9.05 Å². The van der Waals surface area contributed by atoms with Crippen LogP contribution in [0.1, 0.15) is 90.9 Å². The highest BCUT2D eigenvalue weighted by molar-refractivity contribution is 7.47. The number of phosphoric ester groups is 1. The zero-order valence-corrected chi connectivity index (χ0v) is 19.8. The monoisotopic (exact) mass is 422 g/mol. The number of nitrogens with zero attached hydrogens (tertiary/aromatic N) is 1. The third-order valence-electron chi connectivity index (χ3n) is 4.65. The lowest BCUT2D eigenvalue weighted by Gasteiger charge is -2.29. The van der Waals surface area contributed by atoms with Crippen molar-refractivity contribution in [3.8, 4) is 0 Å². The zero-order valence-electron chi connectivity index (χ0n) is 19.0. The van der Waals surface area contributed by atoms with Crippen LogP contribution in [-0.2, 0) is 18.4 Å². The van der Waals surface area contributed by atoms with Crippen LogP contribution >= 0.6 is 7.82 Å². The van der Waals surface area contributed by atoms with Crippen LogP contribution in [0.5, 0.6) is 0 Å². The molecular weight excluding hydrogens is 377 g/mol. The maximum Gasteiger partial charge on any atom is 0.473 e. The molecule has 6 nitrogen and oxygen atoms in total. The maximum absolute atomic E-state index is 12.5. The highest BCUT2D eigenvalue weighted by Gasteiger charge is 2.34. The summed E-state index contributed by atoms with van der Waals surface area (Å²) in [7, 11) is 1.59. The second kappa shape index (κ2) is 15.6. The summed E-state index contributed by atoms with van der Waals surface area (Å²) in [5.41, 5.74) is 0. The van der Waals surface area contributed by atoms with Gasteiger partial charge in [-0.25, -0.2) is 4.57 Å². The van der Waals surface area contributed by atoms with Gasteiger partial charge in [-0.15, -0.1) is 0 Å². The Bertz CT molecular complexity index is 451. The number of rotatable bonds is 19. The Labute approximate surface area is 173 Å². The van der Waals surface area contributed by atoms with Gasteiger partial charge in [-0.1, -0.05) is 71.1 Å². The fourth-order valence-corrected chi connectivity index (χ4v) is 4.06. The summed E-state index contributed by atoms with van der Waals surface area (Å²) in [6, 6.07) is 0. The van der Waals surface area contributed by atoms with Gasteiger partial charge in [0, 0.05) is 6.42 Å². The van der Waals surface area contributed by atoms with Gasteiger partial charge in [0.05, 0.1) is 27.7 Å². The minimum atomic E-state index is -4.19. The average molecular weight is 423 g/mol. The fraction of sp³-hybridized carbons (Fsp3) is 0.952. The number of likely N-dealkylation sites (N-methyl/N-ethyl adjacent to an activating group) is 1. The second-order valence-electron chi connectivity index (χ2n) is 8.71. The van der Waals surface area contributed by atoms with Crippen molar-refractivity contribution in [1.82, 2.24) is 0 Å². The standard InChI is InChI=1S/C21H44NO5P/c1-6-8-9-10-11-12-13-14-15-16-17-18-20(23)21(19-22(3,4)5)27-28(24,25)26-7-2/h21H,6-19H2,1-5H3/p+1. The third kappa shape index (κ3) is 16.7. The molecule has 0 amide bonds. The molecule has 168 valence electrons. The number of unbranched alkanes of at least 4 members (excludes halogenated alkanes) is 10. The predicted octanol–water partition coefficient (Wildman–Crippen LogP) is 5.48. The van der Waals surface area contributed by atoms with Crippen LogP contribution in [0.4, 0.5) is 0 Å². The van der Waals surface area contributed by atoms with Crippen LogP contribution in [0.3, 0.4) is 0 Å². The molecule has 0 aliphatic carbocycles. The Balaban J connectivity index is 4.09. The molecule has 0 bridgehead atoms. The molecule has 0 spiro atoms. The molecular formula is C21H45NO5P+. The first-order valence-electron chi connectivity index (χ1n) is 11.1. The average Bonchev–Trinajstić information content (AvgIpc) is 2.57. The van der Waals surface area contributed by atoms with E-state index in [0.29, 0.717) is 17.4 Å². The molecule has 2 unspecified atom stereocenters. The van der Waals surface area contributed by atoms with E-state index in [9.17, 15) is 14.3 Å². The predicted molar refractivity (Wildman–Crippen MR) is 115 cm³/mol. The number of Topliss-reactive ketones (excluding diaryl/α,β-unsaturated/α-hetero) is 1.